The molecule has 1 fully saturated rings. The van der Waals surface area contributed by atoms with Crippen molar-refractivity contribution in [2.45, 2.75) is 6.42 Å². The standard InChI is InChI=1S/C17H17N5O/c1-3-13(12-18-5-1)11-15-20-14-4-2-6-19-16(14)17(21-15)22-7-9-23-10-8-22/h1-6,12H,7-11H2. The number of aromatic nitrogens is 4. The van der Waals surface area contributed by atoms with Gasteiger partial charge < -0.3 is 9.64 Å². The van der Waals surface area contributed by atoms with Gasteiger partial charge in [0.2, 0.25) is 0 Å². The van der Waals surface area contributed by atoms with E-state index in [9.17, 15) is 0 Å². The number of hydrogen-bond donors (Lipinski definition) is 0. The second-order valence-corrected chi connectivity index (χ2v) is 5.47. The Morgan fingerprint density at radius 1 is 1.04 bits per heavy atom. The summed E-state index contributed by atoms with van der Waals surface area (Å²) in [6.07, 6.45) is 6.07. The lowest BCUT2D eigenvalue weighted by atomic mass is 10.2. The molecule has 4 heterocycles. The zero-order chi connectivity index (χ0) is 15.5. The van der Waals surface area contributed by atoms with Crippen LogP contribution >= 0.6 is 0 Å². The van der Waals surface area contributed by atoms with E-state index in [1.165, 1.54) is 0 Å². The Bertz CT molecular complexity index is 802. The van der Waals surface area contributed by atoms with Crippen LogP contribution in [0.15, 0.2) is 42.9 Å². The molecule has 1 aliphatic rings. The molecule has 6 heteroatoms. The molecule has 0 N–H and O–H groups in total. The number of anilines is 1. The van der Waals surface area contributed by atoms with Crippen LogP contribution in [0, 0.1) is 0 Å². The molecule has 23 heavy (non-hydrogen) atoms. The van der Waals surface area contributed by atoms with Crippen molar-refractivity contribution in [2.75, 3.05) is 31.2 Å². The van der Waals surface area contributed by atoms with Crippen molar-refractivity contribution in [3.63, 3.8) is 0 Å². The highest BCUT2D eigenvalue weighted by molar-refractivity contribution is 5.85. The first-order chi connectivity index (χ1) is 11.4. The molecule has 3 aromatic heterocycles. The van der Waals surface area contributed by atoms with E-state index in [1.807, 2.05) is 30.5 Å². The molecule has 0 aromatic carbocycles. The van der Waals surface area contributed by atoms with Crippen molar-refractivity contribution in [3.05, 3.63) is 54.2 Å². The molecule has 0 spiro atoms. The number of nitrogens with zero attached hydrogens (tertiary/aromatic N) is 5. The third-order valence-electron chi connectivity index (χ3n) is 3.88. The van der Waals surface area contributed by atoms with Gasteiger partial charge in [0.25, 0.3) is 0 Å². The van der Waals surface area contributed by atoms with Crippen LogP contribution in [0.2, 0.25) is 0 Å². The minimum absolute atomic E-state index is 0.663. The molecule has 6 nitrogen and oxygen atoms in total. The van der Waals surface area contributed by atoms with Crippen LogP contribution in [0.5, 0.6) is 0 Å². The zero-order valence-corrected chi connectivity index (χ0v) is 12.7. The molecule has 116 valence electrons. The van der Waals surface area contributed by atoms with Gasteiger partial charge in [-0.2, -0.15) is 0 Å². The molecular formula is C17H17N5O. The summed E-state index contributed by atoms with van der Waals surface area (Å²) in [4.78, 5) is 20.3. The fourth-order valence-electron chi connectivity index (χ4n) is 2.76. The maximum Gasteiger partial charge on any atom is 0.159 e. The zero-order valence-electron chi connectivity index (χ0n) is 12.7. The molecule has 1 aliphatic heterocycles. The van der Waals surface area contributed by atoms with E-state index in [1.54, 1.807) is 12.4 Å². The fraction of sp³-hybridized carbons (Fsp3) is 0.294. The topological polar surface area (TPSA) is 64.0 Å². The van der Waals surface area contributed by atoms with E-state index in [4.69, 9.17) is 9.72 Å². The first-order valence-electron chi connectivity index (χ1n) is 7.73. The smallest absolute Gasteiger partial charge is 0.159 e. The van der Waals surface area contributed by atoms with E-state index in [-0.39, 0.29) is 0 Å². The largest absolute Gasteiger partial charge is 0.378 e. The third-order valence-corrected chi connectivity index (χ3v) is 3.88. The highest BCUT2D eigenvalue weighted by Gasteiger charge is 2.18. The molecular weight excluding hydrogens is 290 g/mol. The van der Waals surface area contributed by atoms with Gasteiger partial charge in [-0.15, -0.1) is 0 Å². The Hall–Kier alpha value is -2.60. The minimum Gasteiger partial charge on any atom is -0.378 e. The second-order valence-electron chi connectivity index (χ2n) is 5.47. The SMILES string of the molecule is c1cncc(Cc2nc(N3CCOCC3)c3ncccc3n2)c1. The lowest BCUT2D eigenvalue weighted by Gasteiger charge is -2.28. The van der Waals surface area contributed by atoms with Crippen molar-refractivity contribution in [1.82, 2.24) is 19.9 Å². The van der Waals surface area contributed by atoms with Crippen molar-refractivity contribution in [2.24, 2.45) is 0 Å². The summed E-state index contributed by atoms with van der Waals surface area (Å²) in [6, 6.07) is 7.87. The monoisotopic (exact) mass is 307 g/mol. The average Bonchev–Trinajstić information content (AvgIpc) is 2.63. The third kappa shape index (κ3) is 2.98. The Morgan fingerprint density at radius 3 is 2.74 bits per heavy atom. The molecule has 0 bridgehead atoms. The number of fused-ring (bicyclic) bond motifs is 1. The van der Waals surface area contributed by atoms with Gasteiger partial charge in [0, 0.05) is 38.1 Å². The lowest BCUT2D eigenvalue weighted by molar-refractivity contribution is 0.122. The predicted octanol–water partition coefficient (Wildman–Crippen LogP) is 1.85. The van der Waals surface area contributed by atoms with Gasteiger partial charge in [-0.1, -0.05) is 6.07 Å². The van der Waals surface area contributed by atoms with Crippen LogP contribution in [0.4, 0.5) is 5.82 Å². The van der Waals surface area contributed by atoms with Crippen molar-refractivity contribution in [3.8, 4) is 0 Å². The van der Waals surface area contributed by atoms with E-state index in [0.717, 1.165) is 54.5 Å². The number of morpholine rings is 1. The second kappa shape index (κ2) is 6.26. The quantitative estimate of drug-likeness (QED) is 0.736. The molecule has 0 atom stereocenters. The van der Waals surface area contributed by atoms with Crippen LogP contribution < -0.4 is 4.90 Å². The lowest BCUT2D eigenvalue weighted by Crippen LogP contribution is -2.37. The fourth-order valence-corrected chi connectivity index (χ4v) is 2.76. The van der Waals surface area contributed by atoms with Crippen molar-refractivity contribution >= 4 is 16.9 Å². The molecule has 0 saturated carbocycles. The average molecular weight is 307 g/mol. The molecule has 1 saturated heterocycles. The summed E-state index contributed by atoms with van der Waals surface area (Å²) in [5.41, 5.74) is 2.83. The maximum absolute atomic E-state index is 5.45. The minimum atomic E-state index is 0.663. The summed E-state index contributed by atoms with van der Waals surface area (Å²) in [5, 5.41) is 0. The number of ether oxygens (including phenoxy) is 1. The van der Waals surface area contributed by atoms with Crippen LogP contribution in [0.1, 0.15) is 11.4 Å². The first kappa shape index (κ1) is 14.0. The first-order valence-corrected chi connectivity index (χ1v) is 7.73. The molecule has 0 unspecified atom stereocenters. The van der Waals surface area contributed by atoms with Crippen LogP contribution in [-0.4, -0.2) is 46.2 Å². The summed E-state index contributed by atoms with van der Waals surface area (Å²) in [5.74, 6) is 1.69. The van der Waals surface area contributed by atoms with Gasteiger partial charge in [-0.05, 0) is 23.8 Å². The van der Waals surface area contributed by atoms with Gasteiger partial charge >= 0.3 is 0 Å². The normalized spacial score (nSPS) is 15.0. The number of hydrogen-bond acceptors (Lipinski definition) is 6. The Balaban J connectivity index is 1.76. The van der Waals surface area contributed by atoms with E-state index in [2.05, 4.69) is 19.9 Å². The van der Waals surface area contributed by atoms with Crippen molar-refractivity contribution < 1.29 is 4.74 Å². The van der Waals surface area contributed by atoms with Gasteiger partial charge in [0.15, 0.2) is 5.82 Å². The highest BCUT2D eigenvalue weighted by Crippen LogP contribution is 2.23. The number of pyridine rings is 2. The van der Waals surface area contributed by atoms with Gasteiger partial charge in [-0.3, -0.25) is 9.97 Å². The van der Waals surface area contributed by atoms with Gasteiger partial charge in [0.05, 0.1) is 18.7 Å². The maximum atomic E-state index is 5.45. The summed E-state index contributed by atoms with van der Waals surface area (Å²) < 4.78 is 5.45. The number of rotatable bonds is 3. The predicted molar refractivity (Wildman–Crippen MR) is 87.4 cm³/mol. The Morgan fingerprint density at radius 2 is 1.91 bits per heavy atom. The summed E-state index contributed by atoms with van der Waals surface area (Å²) in [6.45, 7) is 3.09. The van der Waals surface area contributed by atoms with Gasteiger partial charge in [0.1, 0.15) is 11.3 Å². The van der Waals surface area contributed by atoms with E-state index in [0.29, 0.717) is 6.42 Å². The van der Waals surface area contributed by atoms with Crippen LogP contribution in [-0.2, 0) is 11.2 Å². The Kier molecular flexibility index (Phi) is 3.81. The highest BCUT2D eigenvalue weighted by atomic mass is 16.5. The summed E-state index contributed by atoms with van der Waals surface area (Å²) >= 11 is 0. The van der Waals surface area contributed by atoms with Gasteiger partial charge in [-0.25, -0.2) is 9.97 Å². The molecule has 4 rings (SSSR count). The molecule has 0 aliphatic carbocycles. The molecule has 0 radical (unpaired) electrons. The molecule has 3 aromatic rings. The Labute approximate surface area is 134 Å². The van der Waals surface area contributed by atoms with Crippen molar-refractivity contribution in [1.29, 1.82) is 0 Å². The summed E-state index contributed by atoms with van der Waals surface area (Å²) in [7, 11) is 0. The van der Waals surface area contributed by atoms with Crippen LogP contribution in [0.3, 0.4) is 0 Å². The van der Waals surface area contributed by atoms with E-state index < -0.39 is 0 Å². The molecule has 0 amide bonds. The van der Waals surface area contributed by atoms with E-state index >= 15 is 0 Å². The van der Waals surface area contributed by atoms with Crippen LogP contribution in [0.25, 0.3) is 11.0 Å².